The molecule has 1 heterocycles. The first kappa shape index (κ1) is 19.4. The molecule has 22 heavy (non-hydrogen) atoms. The second kappa shape index (κ2) is 11.0. The first-order valence-electron chi connectivity index (χ1n) is 9.14. The van der Waals surface area contributed by atoms with Crippen molar-refractivity contribution in [1.82, 2.24) is 0 Å². The van der Waals surface area contributed by atoms with Gasteiger partial charge in [-0.25, -0.2) is 0 Å². The topological polar surface area (TPSA) is 56.8 Å². The van der Waals surface area contributed by atoms with E-state index in [0.29, 0.717) is 13.2 Å². The quantitative estimate of drug-likeness (QED) is 0.330. The summed E-state index contributed by atoms with van der Waals surface area (Å²) in [5.41, 5.74) is 5.97. The molecular formula is C18H36N2O2. The minimum Gasteiger partial charge on any atom is -0.387 e. The van der Waals surface area contributed by atoms with Crippen LogP contribution in [0.4, 0.5) is 0 Å². The number of rotatable bonds is 12. The minimum atomic E-state index is -0.466. The molecule has 0 aliphatic carbocycles. The molecule has 1 rings (SSSR count). The molecular weight excluding hydrogens is 276 g/mol. The first-order chi connectivity index (χ1) is 10.5. The first-order valence-corrected chi connectivity index (χ1v) is 9.14. The van der Waals surface area contributed by atoms with E-state index in [1.807, 2.05) is 13.8 Å². The number of nitrogens with two attached hydrogens (primary N) is 1. The van der Waals surface area contributed by atoms with Gasteiger partial charge in [-0.15, -0.1) is 0 Å². The van der Waals surface area contributed by atoms with Gasteiger partial charge >= 0.3 is 0 Å². The maximum absolute atomic E-state index is 5.97. The van der Waals surface area contributed by atoms with E-state index in [0.717, 1.165) is 18.7 Å². The number of hydrogen-bond donors (Lipinski definition) is 1. The molecule has 1 atom stereocenters. The third-order valence-corrected chi connectivity index (χ3v) is 4.10. The fourth-order valence-corrected chi connectivity index (χ4v) is 2.77. The molecule has 0 spiro atoms. The van der Waals surface area contributed by atoms with Crippen molar-refractivity contribution in [2.24, 2.45) is 10.7 Å². The number of nitrogens with zero attached hydrogens (tertiary/aromatic N) is 1. The van der Waals surface area contributed by atoms with Crippen LogP contribution in [-0.2, 0) is 9.47 Å². The highest BCUT2D eigenvalue weighted by Gasteiger charge is 2.32. The van der Waals surface area contributed by atoms with E-state index >= 15 is 0 Å². The normalized spacial score (nSPS) is 21.4. The van der Waals surface area contributed by atoms with Crippen LogP contribution in [0.1, 0.15) is 85.0 Å². The lowest BCUT2D eigenvalue weighted by Crippen LogP contribution is -2.23. The van der Waals surface area contributed by atoms with Gasteiger partial charge in [0.25, 0.3) is 0 Å². The van der Waals surface area contributed by atoms with Gasteiger partial charge in [-0.3, -0.25) is 4.99 Å². The molecule has 0 aromatic heterocycles. The molecule has 4 nitrogen and oxygen atoms in total. The fraction of sp³-hybridized carbons (Fsp3) is 0.944. The summed E-state index contributed by atoms with van der Waals surface area (Å²) >= 11 is 0. The van der Waals surface area contributed by atoms with Crippen molar-refractivity contribution < 1.29 is 9.47 Å². The van der Waals surface area contributed by atoms with Crippen LogP contribution >= 0.6 is 0 Å². The van der Waals surface area contributed by atoms with Gasteiger partial charge in [-0.2, -0.15) is 0 Å². The van der Waals surface area contributed by atoms with Crippen LogP contribution in [0.3, 0.4) is 0 Å². The number of aliphatic imine (C=N–C) groups is 1. The van der Waals surface area contributed by atoms with Crippen molar-refractivity contribution in [3.63, 3.8) is 0 Å². The molecule has 130 valence electrons. The predicted molar refractivity (Wildman–Crippen MR) is 93.2 cm³/mol. The zero-order valence-corrected chi connectivity index (χ0v) is 14.9. The van der Waals surface area contributed by atoms with E-state index < -0.39 is 5.79 Å². The monoisotopic (exact) mass is 312 g/mol. The third-order valence-electron chi connectivity index (χ3n) is 4.10. The summed E-state index contributed by atoms with van der Waals surface area (Å²) in [7, 11) is 0. The number of unbranched alkanes of at least 4 members (excludes halogenated alkanes) is 8. The molecule has 1 unspecified atom stereocenters. The van der Waals surface area contributed by atoms with E-state index in [1.54, 1.807) is 0 Å². The summed E-state index contributed by atoms with van der Waals surface area (Å²) in [6.45, 7) is 7.36. The van der Waals surface area contributed by atoms with Crippen molar-refractivity contribution in [3.8, 4) is 0 Å². The Morgan fingerprint density at radius 2 is 1.64 bits per heavy atom. The Balaban J connectivity index is 1.95. The molecule has 2 N–H and O–H groups in total. The highest BCUT2D eigenvalue weighted by molar-refractivity contribution is 5.80. The van der Waals surface area contributed by atoms with Gasteiger partial charge in [0.05, 0.1) is 19.0 Å². The molecule has 0 radical (unpaired) electrons. The summed E-state index contributed by atoms with van der Waals surface area (Å²) in [6.07, 6.45) is 13.0. The molecule has 0 aromatic rings. The van der Waals surface area contributed by atoms with Gasteiger partial charge in [0.15, 0.2) is 5.79 Å². The predicted octanol–water partition coefficient (Wildman–Crippen LogP) is 4.42. The molecule has 0 saturated carbocycles. The number of amidine groups is 1. The summed E-state index contributed by atoms with van der Waals surface area (Å²) in [5.74, 6) is 0.294. The fourth-order valence-electron chi connectivity index (χ4n) is 2.77. The van der Waals surface area contributed by atoms with Crippen LogP contribution < -0.4 is 5.73 Å². The van der Waals surface area contributed by atoms with Crippen molar-refractivity contribution in [1.29, 1.82) is 0 Å². The summed E-state index contributed by atoms with van der Waals surface area (Å²) in [5, 5.41) is 0. The van der Waals surface area contributed by atoms with E-state index in [1.165, 1.54) is 51.4 Å². The molecule has 1 aliphatic heterocycles. The van der Waals surface area contributed by atoms with Crippen LogP contribution in [0.5, 0.6) is 0 Å². The zero-order valence-electron chi connectivity index (χ0n) is 14.9. The molecule has 1 saturated heterocycles. The number of hydrogen-bond acceptors (Lipinski definition) is 3. The summed E-state index contributed by atoms with van der Waals surface area (Å²) in [6, 6.07) is 0. The van der Waals surface area contributed by atoms with Gasteiger partial charge in [0.1, 0.15) is 6.10 Å². The Morgan fingerprint density at radius 1 is 1.05 bits per heavy atom. The lowest BCUT2D eigenvalue weighted by molar-refractivity contribution is -0.137. The van der Waals surface area contributed by atoms with E-state index in [9.17, 15) is 0 Å². The van der Waals surface area contributed by atoms with Crippen molar-refractivity contribution in [2.75, 3.05) is 13.2 Å². The maximum Gasteiger partial charge on any atom is 0.163 e. The largest absolute Gasteiger partial charge is 0.387 e. The van der Waals surface area contributed by atoms with Crippen molar-refractivity contribution in [3.05, 3.63) is 0 Å². The smallest absolute Gasteiger partial charge is 0.163 e. The Morgan fingerprint density at radius 3 is 2.18 bits per heavy atom. The van der Waals surface area contributed by atoms with Gasteiger partial charge in [0, 0.05) is 6.42 Å². The highest BCUT2D eigenvalue weighted by atomic mass is 16.7. The van der Waals surface area contributed by atoms with Crippen LogP contribution in [-0.4, -0.2) is 30.9 Å². The van der Waals surface area contributed by atoms with Crippen LogP contribution in [0.15, 0.2) is 4.99 Å². The summed E-state index contributed by atoms with van der Waals surface area (Å²) < 4.78 is 11.2. The highest BCUT2D eigenvalue weighted by Crippen LogP contribution is 2.22. The van der Waals surface area contributed by atoms with E-state index in [4.69, 9.17) is 15.2 Å². The molecule has 1 fully saturated rings. The lowest BCUT2D eigenvalue weighted by atomic mass is 10.1. The molecule has 1 aliphatic rings. The number of ether oxygens (including phenoxy) is 2. The molecule has 0 aromatic carbocycles. The van der Waals surface area contributed by atoms with Crippen molar-refractivity contribution >= 4 is 5.84 Å². The van der Waals surface area contributed by atoms with E-state index in [-0.39, 0.29) is 6.10 Å². The van der Waals surface area contributed by atoms with Crippen molar-refractivity contribution in [2.45, 2.75) is 96.9 Å². The Labute approximate surface area is 136 Å². The second-order valence-electron chi connectivity index (χ2n) is 6.86. The SMILES string of the molecule is CCCCCCCCCCCC(N)=NCC1COC(C)(C)O1. The van der Waals surface area contributed by atoms with Crippen LogP contribution in [0, 0.1) is 0 Å². The maximum atomic E-state index is 5.97. The van der Waals surface area contributed by atoms with Gasteiger partial charge in [0.2, 0.25) is 0 Å². The summed E-state index contributed by atoms with van der Waals surface area (Å²) in [4.78, 5) is 4.43. The Bertz CT molecular complexity index is 316. The Kier molecular flexibility index (Phi) is 9.73. The van der Waals surface area contributed by atoms with E-state index in [2.05, 4.69) is 11.9 Å². The van der Waals surface area contributed by atoms with Crippen LogP contribution in [0.2, 0.25) is 0 Å². The Hall–Kier alpha value is -0.610. The third kappa shape index (κ3) is 9.42. The lowest BCUT2D eigenvalue weighted by Gasteiger charge is -2.16. The zero-order chi connectivity index (χ0) is 16.3. The average molecular weight is 312 g/mol. The molecule has 4 heteroatoms. The minimum absolute atomic E-state index is 0.0525. The van der Waals surface area contributed by atoms with Gasteiger partial charge in [-0.05, 0) is 20.3 Å². The average Bonchev–Trinajstić information content (AvgIpc) is 2.83. The van der Waals surface area contributed by atoms with Gasteiger partial charge in [-0.1, -0.05) is 58.3 Å². The van der Waals surface area contributed by atoms with Gasteiger partial charge < -0.3 is 15.2 Å². The van der Waals surface area contributed by atoms with Crippen LogP contribution in [0.25, 0.3) is 0 Å². The molecule has 0 bridgehead atoms. The second-order valence-corrected chi connectivity index (χ2v) is 6.86. The standard InChI is InChI=1S/C18H36N2O2/c1-4-5-6-7-8-9-10-11-12-13-17(19)20-14-16-15-21-18(2,3)22-16/h16H,4-15H2,1-3H3,(H2,19,20). The molecule has 0 amide bonds.